The van der Waals surface area contributed by atoms with Gasteiger partial charge in [-0.3, -0.25) is 0 Å². The van der Waals surface area contributed by atoms with E-state index < -0.39 is 0 Å². The van der Waals surface area contributed by atoms with E-state index in [-0.39, 0.29) is 0 Å². The van der Waals surface area contributed by atoms with Crippen molar-refractivity contribution in [2.45, 2.75) is 32.2 Å². The molecule has 1 aromatic heterocycles. The average Bonchev–Trinajstić information content (AvgIpc) is 2.68. The van der Waals surface area contributed by atoms with Gasteiger partial charge in [-0.15, -0.1) is 0 Å². The van der Waals surface area contributed by atoms with Gasteiger partial charge in [0.25, 0.3) is 0 Å². The Morgan fingerprint density at radius 1 is 1.60 bits per heavy atom. The highest BCUT2D eigenvalue weighted by atomic mass is 16.5. The first-order chi connectivity index (χ1) is 7.25. The average molecular weight is 209 g/mol. The molecule has 2 N–H and O–H groups in total. The Labute approximate surface area is 90.4 Å². The summed E-state index contributed by atoms with van der Waals surface area (Å²) in [6.07, 6.45) is 2.86. The lowest BCUT2D eigenvalue weighted by Crippen LogP contribution is -2.42. The molecule has 0 aromatic carbocycles. The molecule has 0 amide bonds. The number of nitrogens with zero attached hydrogens (tertiary/aromatic N) is 1. The Bertz CT molecular complexity index is 303. The van der Waals surface area contributed by atoms with Gasteiger partial charge in [-0.2, -0.15) is 0 Å². The molecule has 15 heavy (non-hydrogen) atoms. The number of nitrogens with one attached hydrogen (secondary N) is 2. The molecule has 1 aliphatic heterocycles. The van der Waals surface area contributed by atoms with E-state index in [0.717, 1.165) is 32.0 Å². The zero-order chi connectivity index (χ0) is 10.7. The highest BCUT2D eigenvalue weighted by molar-refractivity contribution is 5.06. The van der Waals surface area contributed by atoms with Gasteiger partial charge in [0.05, 0.1) is 13.2 Å². The molecule has 0 aliphatic carbocycles. The fraction of sp³-hybridized carbons (Fsp3) is 0.727. The minimum absolute atomic E-state index is 0.407. The highest BCUT2D eigenvalue weighted by Crippen LogP contribution is 2.12. The monoisotopic (exact) mass is 209 g/mol. The number of H-pyrrole nitrogens is 1. The molecule has 1 atom stereocenters. The van der Waals surface area contributed by atoms with Gasteiger partial charge >= 0.3 is 0 Å². The van der Waals surface area contributed by atoms with E-state index in [0.29, 0.717) is 12.0 Å². The molecule has 1 aliphatic rings. The van der Waals surface area contributed by atoms with Crippen molar-refractivity contribution in [1.82, 2.24) is 15.3 Å². The Morgan fingerprint density at radius 2 is 2.47 bits per heavy atom. The first-order valence-electron chi connectivity index (χ1n) is 5.60. The Kier molecular flexibility index (Phi) is 3.38. The van der Waals surface area contributed by atoms with E-state index in [4.69, 9.17) is 4.74 Å². The number of aromatic amines is 1. The molecule has 2 rings (SSSR count). The Hall–Kier alpha value is -0.870. The molecular weight excluding hydrogens is 190 g/mol. The number of hydrogen-bond acceptors (Lipinski definition) is 3. The number of imidazole rings is 1. The van der Waals surface area contributed by atoms with E-state index in [1.807, 2.05) is 6.20 Å². The molecule has 0 bridgehead atoms. The van der Waals surface area contributed by atoms with Crippen LogP contribution >= 0.6 is 0 Å². The van der Waals surface area contributed by atoms with E-state index in [2.05, 4.69) is 29.1 Å². The third-order valence-electron chi connectivity index (χ3n) is 2.71. The number of hydrogen-bond donors (Lipinski definition) is 2. The maximum atomic E-state index is 5.40. The zero-order valence-corrected chi connectivity index (χ0v) is 9.42. The van der Waals surface area contributed by atoms with Crippen LogP contribution in [-0.2, 0) is 11.2 Å². The molecule has 84 valence electrons. The van der Waals surface area contributed by atoms with Gasteiger partial charge in [-0.1, -0.05) is 13.8 Å². The molecule has 4 nitrogen and oxygen atoms in total. The SMILES string of the molecule is CC(C)c1cnc(CC2COCCN2)[nH]1. The Balaban J connectivity index is 1.91. The van der Waals surface area contributed by atoms with Crippen molar-refractivity contribution in [2.75, 3.05) is 19.8 Å². The van der Waals surface area contributed by atoms with Gasteiger partial charge in [0, 0.05) is 30.9 Å². The van der Waals surface area contributed by atoms with E-state index in [1.165, 1.54) is 5.69 Å². The van der Waals surface area contributed by atoms with Gasteiger partial charge in [0.1, 0.15) is 5.82 Å². The molecule has 0 radical (unpaired) electrons. The lowest BCUT2D eigenvalue weighted by molar-refractivity contribution is 0.0764. The van der Waals surface area contributed by atoms with E-state index in [1.54, 1.807) is 0 Å². The van der Waals surface area contributed by atoms with E-state index in [9.17, 15) is 0 Å². The van der Waals surface area contributed by atoms with Gasteiger partial charge in [-0.05, 0) is 5.92 Å². The smallest absolute Gasteiger partial charge is 0.107 e. The minimum Gasteiger partial charge on any atom is -0.379 e. The summed E-state index contributed by atoms with van der Waals surface area (Å²) in [4.78, 5) is 7.73. The molecule has 2 heterocycles. The second-order valence-electron chi connectivity index (χ2n) is 4.37. The second-order valence-corrected chi connectivity index (χ2v) is 4.37. The van der Waals surface area contributed by atoms with Crippen molar-refractivity contribution < 1.29 is 4.74 Å². The fourth-order valence-corrected chi connectivity index (χ4v) is 1.76. The van der Waals surface area contributed by atoms with Crippen LogP contribution in [0.5, 0.6) is 0 Å². The fourth-order valence-electron chi connectivity index (χ4n) is 1.76. The Morgan fingerprint density at radius 3 is 3.07 bits per heavy atom. The van der Waals surface area contributed by atoms with Crippen LogP contribution in [0.15, 0.2) is 6.20 Å². The van der Waals surface area contributed by atoms with Gasteiger partial charge < -0.3 is 15.0 Å². The highest BCUT2D eigenvalue weighted by Gasteiger charge is 2.15. The van der Waals surface area contributed by atoms with Crippen molar-refractivity contribution in [2.24, 2.45) is 0 Å². The van der Waals surface area contributed by atoms with Crippen LogP contribution in [0.4, 0.5) is 0 Å². The summed E-state index contributed by atoms with van der Waals surface area (Å²) in [5.74, 6) is 1.57. The quantitative estimate of drug-likeness (QED) is 0.782. The van der Waals surface area contributed by atoms with Gasteiger partial charge in [-0.25, -0.2) is 4.98 Å². The van der Waals surface area contributed by atoms with Crippen molar-refractivity contribution in [3.05, 3.63) is 17.7 Å². The summed E-state index contributed by atoms with van der Waals surface area (Å²) >= 11 is 0. The molecule has 0 spiro atoms. The molecule has 1 unspecified atom stereocenters. The summed E-state index contributed by atoms with van der Waals surface area (Å²) in [7, 11) is 0. The summed E-state index contributed by atoms with van der Waals surface area (Å²) < 4.78 is 5.40. The molecule has 1 fully saturated rings. The van der Waals surface area contributed by atoms with Crippen molar-refractivity contribution in [1.29, 1.82) is 0 Å². The van der Waals surface area contributed by atoms with Crippen LogP contribution in [0.3, 0.4) is 0 Å². The molecule has 4 heteroatoms. The number of morpholine rings is 1. The maximum Gasteiger partial charge on any atom is 0.107 e. The normalized spacial score (nSPS) is 22.2. The van der Waals surface area contributed by atoms with Gasteiger partial charge in [0.2, 0.25) is 0 Å². The molecular formula is C11H19N3O. The number of aromatic nitrogens is 2. The summed E-state index contributed by atoms with van der Waals surface area (Å²) in [6, 6.07) is 0.407. The van der Waals surface area contributed by atoms with Crippen LogP contribution in [0, 0.1) is 0 Å². The largest absolute Gasteiger partial charge is 0.379 e. The van der Waals surface area contributed by atoms with Crippen LogP contribution in [0.25, 0.3) is 0 Å². The standard InChI is InChI=1S/C11H19N3O/c1-8(2)10-6-13-11(14-10)5-9-7-15-4-3-12-9/h6,8-9,12H,3-5,7H2,1-2H3,(H,13,14). The number of ether oxygens (including phenoxy) is 1. The third kappa shape index (κ3) is 2.79. The van der Waals surface area contributed by atoms with Gasteiger partial charge in [0.15, 0.2) is 0 Å². The third-order valence-corrected chi connectivity index (χ3v) is 2.71. The molecule has 1 aromatic rings. The first-order valence-corrected chi connectivity index (χ1v) is 5.60. The summed E-state index contributed by atoms with van der Waals surface area (Å²) in [5, 5.41) is 3.42. The molecule has 1 saturated heterocycles. The second kappa shape index (κ2) is 4.77. The predicted octanol–water partition coefficient (Wildman–Crippen LogP) is 1.06. The maximum absolute atomic E-state index is 5.40. The van der Waals surface area contributed by atoms with E-state index >= 15 is 0 Å². The lowest BCUT2D eigenvalue weighted by atomic mass is 10.1. The van der Waals surface area contributed by atoms with Crippen molar-refractivity contribution >= 4 is 0 Å². The van der Waals surface area contributed by atoms with Crippen molar-refractivity contribution in [3.8, 4) is 0 Å². The predicted molar refractivity (Wildman–Crippen MR) is 59.0 cm³/mol. The van der Waals surface area contributed by atoms with Crippen LogP contribution in [0.1, 0.15) is 31.3 Å². The topological polar surface area (TPSA) is 49.9 Å². The van der Waals surface area contributed by atoms with Crippen LogP contribution < -0.4 is 5.32 Å². The molecule has 0 saturated carbocycles. The summed E-state index contributed by atoms with van der Waals surface area (Å²) in [5.41, 5.74) is 1.21. The first kappa shape index (κ1) is 10.6. The minimum atomic E-state index is 0.407. The lowest BCUT2D eigenvalue weighted by Gasteiger charge is -2.22. The summed E-state index contributed by atoms with van der Waals surface area (Å²) in [6.45, 7) is 6.89. The number of rotatable bonds is 3. The zero-order valence-electron chi connectivity index (χ0n) is 9.42. The van der Waals surface area contributed by atoms with Crippen LogP contribution in [0.2, 0.25) is 0 Å². The van der Waals surface area contributed by atoms with Crippen molar-refractivity contribution in [3.63, 3.8) is 0 Å². The van der Waals surface area contributed by atoms with Crippen LogP contribution in [-0.4, -0.2) is 35.8 Å².